The normalized spacial score (nSPS) is 14.9. The Morgan fingerprint density at radius 1 is 1.03 bits per heavy atom. The molecule has 0 N–H and O–H groups in total. The summed E-state index contributed by atoms with van der Waals surface area (Å²) in [5.41, 5.74) is 2.41. The fourth-order valence-corrected chi connectivity index (χ4v) is 5.50. The van der Waals surface area contributed by atoms with Crippen LogP contribution in [0.4, 0.5) is 4.79 Å². The summed E-state index contributed by atoms with van der Waals surface area (Å²) in [7, 11) is 0. The molecule has 1 fully saturated rings. The number of nitrogens with zero attached hydrogens (tertiary/aromatic N) is 1. The number of rotatable bonds is 6. The SMILES string of the molecule is O=C1S/C(=C\c2cc(Cl)c(OCc3ccccc3Cl)c(Br)c2)C(=O)N1Cc1ccc(I)cc1. The van der Waals surface area contributed by atoms with Gasteiger partial charge in [-0.05, 0) is 97.8 Å². The summed E-state index contributed by atoms with van der Waals surface area (Å²) >= 11 is 19.3. The predicted octanol–water partition coefficient (Wildman–Crippen LogP) is 8.18. The number of halogens is 4. The van der Waals surface area contributed by atoms with Crippen LogP contribution >= 0.6 is 73.5 Å². The average molecular weight is 675 g/mol. The summed E-state index contributed by atoms with van der Waals surface area (Å²) in [5.74, 6) is 0.149. The van der Waals surface area contributed by atoms with E-state index in [0.29, 0.717) is 30.7 Å². The lowest BCUT2D eigenvalue weighted by atomic mass is 10.2. The standard InChI is InChI=1S/C24H15BrCl2INO3S/c25-18-9-15(10-20(27)22(18)32-13-16-3-1-2-4-19(16)26)11-21-23(30)29(24(31)33-21)12-14-5-7-17(28)8-6-14/h1-11H,12-13H2/b21-11-. The molecular formula is C24H15BrCl2INO3S. The Hall–Kier alpha value is -1.52. The van der Waals surface area contributed by atoms with Crippen LogP contribution in [0.5, 0.6) is 5.75 Å². The van der Waals surface area contributed by atoms with Crippen molar-refractivity contribution in [2.24, 2.45) is 0 Å². The third-order valence-corrected chi connectivity index (χ3v) is 7.64. The minimum atomic E-state index is -0.324. The number of hydrogen-bond acceptors (Lipinski definition) is 4. The van der Waals surface area contributed by atoms with Gasteiger partial charge in [0.25, 0.3) is 11.1 Å². The van der Waals surface area contributed by atoms with Crippen molar-refractivity contribution in [1.82, 2.24) is 4.90 Å². The third kappa shape index (κ3) is 5.95. The van der Waals surface area contributed by atoms with Crippen molar-refractivity contribution >= 4 is 90.7 Å². The zero-order chi connectivity index (χ0) is 23.5. The molecule has 0 radical (unpaired) electrons. The highest BCUT2D eigenvalue weighted by atomic mass is 127. The van der Waals surface area contributed by atoms with Gasteiger partial charge in [0.15, 0.2) is 5.75 Å². The largest absolute Gasteiger partial charge is 0.486 e. The molecule has 0 bridgehead atoms. The zero-order valence-electron chi connectivity index (χ0n) is 16.9. The van der Waals surface area contributed by atoms with Gasteiger partial charge in [0.1, 0.15) is 6.61 Å². The summed E-state index contributed by atoms with van der Waals surface area (Å²) in [4.78, 5) is 26.9. The van der Waals surface area contributed by atoms with Crippen molar-refractivity contribution in [2.45, 2.75) is 13.2 Å². The molecule has 3 aromatic carbocycles. The lowest BCUT2D eigenvalue weighted by Gasteiger charge is -2.13. The van der Waals surface area contributed by atoms with E-state index < -0.39 is 0 Å². The molecule has 4 nitrogen and oxygen atoms in total. The van der Waals surface area contributed by atoms with E-state index in [2.05, 4.69) is 38.5 Å². The number of ether oxygens (including phenoxy) is 1. The van der Waals surface area contributed by atoms with E-state index in [9.17, 15) is 9.59 Å². The summed E-state index contributed by atoms with van der Waals surface area (Å²) < 4.78 is 7.59. The zero-order valence-corrected chi connectivity index (χ0v) is 22.9. The van der Waals surface area contributed by atoms with E-state index in [1.807, 2.05) is 42.5 Å². The molecule has 1 saturated heterocycles. The Morgan fingerprint density at radius 2 is 1.76 bits per heavy atom. The van der Waals surface area contributed by atoms with Crippen LogP contribution < -0.4 is 4.74 Å². The highest BCUT2D eigenvalue weighted by Crippen LogP contribution is 2.38. The molecule has 33 heavy (non-hydrogen) atoms. The molecule has 0 saturated carbocycles. The molecule has 0 atom stereocenters. The van der Waals surface area contributed by atoms with Crippen LogP contribution in [0.1, 0.15) is 16.7 Å². The van der Waals surface area contributed by atoms with E-state index in [0.717, 1.165) is 26.5 Å². The smallest absolute Gasteiger partial charge is 0.293 e. The van der Waals surface area contributed by atoms with Crippen molar-refractivity contribution in [3.05, 3.63) is 100 Å². The van der Waals surface area contributed by atoms with Crippen molar-refractivity contribution < 1.29 is 14.3 Å². The van der Waals surface area contributed by atoms with Gasteiger partial charge in [-0.3, -0.25) is 14.5 Å². The van der Waals surface area contributed by atoms with E-state index in [1.165, 1.54) is 4.90 Å². The first-order valence-corrected chi connectivity index (χ1v) is 13.1. The summed E-state index contributed by atoms with van der Waals surface area (Å²) in [6, 6.07) is 18.6. The van der Waals surface area contributed by atoms with Gasteiger partial charge in [0.05, 0.1) is 20.9 Å². The van der Waals surface area contributed by atoms with Gasteiger partial charge in [0.2, 0.25) is 0 Å². The minimum Gasteiger partial charge on any atom is -0.486 e. The molecule has 1 aliphatic rings. The summed E-state index contributed by atoms with van der Waals surface area (Å²) in [5, 5.41) is 0.692. The molecule has 1 heterocycles. The van der Waals surface area contributed by atoms with Gasteiger partial charge in [0, 0.05) is 14.2 Å². The quantitative estimate of drug-likeness (QED) is 0.196. The van der Waals surface area contributed by atoms with E-state index in [1.54, 1.807) is 24.3 Å². The van der Waals surface area contributed by atoms with Gasteiger partial charge < -0.3 is 4.74 Å². The molecule has 168 valence electrons. The molecule has 3 aromatic rings. The van der Waals surface area contributed by atoms with Crippen LogP contribution in [-0.2, 0) is 17.9 Å². The van der Waals surface area contributed by atoms with Gasteiger partial charge in [-0.15, -0.1) is 0 Å². The number of thioether (sulfide) groups is 1. The van der Waals surface area contributed by atoms with Crippen LogP contribution in [0.3, 0.4) is 0 Å². The van der Waals surface area contributed by atoms with E-state index in [-0.39, 0.29) is 24.3 Å². The molecule has 0 unspecified atom stereocenters. The Balaban J connectivity index is 1.50. The maximum Gasteiger partial charge on any atom is 0.293 e. The number of hydrogen-bond donors (Lipinski definition) is 0. The molecule has 1 aliphatic heterocycles. The van der Waals surface area contributed by atoms with Gasteiger partial charge in [-0.1, -0.05) is 53.5 Å². The van der Waals surface area contributed by atoms with Crippen molar-refractivity contribution in [3.8, 4) is 5.75 Å². The van der Waals surface area contributed by atoms with Crippen molar-refractivity contribution in [3.63, 3.8) is 0 Å². The topological polar surface area (TPSA) is 46.6 Å². The Labute approximate surface area is 227 Å². The van der Waals surface area contributed by atoms with Crippen molar-refractivity contribution in [1.29, 1.82) is 0 Å². The highest BCUT2D eigenvalue weighted by Gasteiger charge is 2.35. The number of carbonyl (C=O) groups is 2. The Kier molecular flexibility index (Phi) is 8.07. The van der Waals surface area contributed by atoms with Gasteiger partial charge >= 0.3 is 0 Å². The van der Waals surface area contributed by atoms with Gasteiger partial charge in [-0.2, -0.15) is 0 Å². The molecule has 4 rings (SSSR count). The second-order valence-electron chi connectivity index (χ2n) is 7.09. The molecule has 9 heteroatoms. The molecule has 0 spiro atoms. The molecule has 0 aromatic heterocycles. The maximum atomic E-state index is 12.9. The van der Waals surface area contributed by atoms with Gasteiger partial charge in [-0.25, -0.2) is 0 Å². The number of benzene rings is 3. The summed E-state index contributed by atoms with van der Waals surface area (Å²) in [6.45, 7) is 0.493. The number of carbonyl (C=O) groups excluding carboxylic acids is 2. The fraction of sp³-hybridized carbons (Fsp3) is 0.0833. The second-order valence-corrected chi connectivity index (χ2v) is 11.0. The van der Waals surface area contributed by atoms with E-state index in [4.69, 9.17) is 27.9 Å². The van der Waals surface area contributed by atoms with E-state index >= 15 is 0 Å². The number of amides is 2. The highest BCUT2D eigenvalue weighted by molar-refractivity contribution is 14.1. The second kappa shape index (κ2) is 10.8. The van der Waals surface area contributed by atoms with Crippen LogP contribution in [0.2, 0.25) is 10.0 Å². The molecular weight excluding hydrogens is 660 g/mol. The summed E-state index contributed by atoms with van der Waals surface area (Å²) in [6.07, 6.45) is 1.66. The number of imide groups is 1. The minimum absolute atomic E-state index is 0.234. The first kappa shape index (κ1) is 24.6. The van der Waals surface area contributed by atoms with Crippen LogP contribution in [-0.4, -0.2) is 16.0 Å². The Bertz CT molecular complexity index is 1240. The molecule has 0 aliphatic carbocycles. The van der Waals surface area contributed by atoms with Crippen molar-refractivity contribution in [2.75, 3.05) is 0 Å². The van der Waals surface area contributed by atoms with Crippen LogP contribution in [0.25, 0.3) is 6.08 Å². The predicted molar refractivity (Wildman–Crippen MR) is 146 cm³/mol. The third-order valence-electron chi connectivity index (χ3n) is 4.78. The maximum absolute atomic E-state index is 12.9. The average Bonchev–Trinajstić information content (AvgIpc) is 3.03. The fourth-order valence-electron chi connectivity index (χ4n) is 3.13. The lowest BCUT2D eigenvalue weighted by Crippen LogP contribution is -2.27. The molecule has 2 amide bonds. The Morgan fingerprint density at radius 3 is 2.45 bits per heavy atom. The van der Waals surface area contributed by atoms with Crippen LogP contribution in [0.15, 0.2) is 70.0 Å². The lowest BCUT2D eigenvalue weighted by molar-refractivity contribution is -0.123. The first-order chi connectivity index (χ1) is 15.8. The first-order valence-electron chi connectivity index (χ1n) is 9.67. The van der Waals surface area contributed by atoms with Crippen LogP contribution in [0, 0.1) is 3.57 Å². The monoisotopic (exact) mass is 673 g/mol.